The Bertz CT molecular complexity index is 461. The maximum Gasteiger partial charge on any atom is 0.225 e. The molecule has 0 bridgehead atoms. The van der Waals surface area contributed by atoms with Crippen LogP contribution >= 0.6 is 0 Å². The minimum atomic E-state index is -0.147. The highest BCUT2D eigenvalue weighted by Crippen LogP contribution is 2.43. The number of rotatable bonds is 8. The molecule has 2 atom stereocenters. The Morgan fingerprint density at radius 1 is 0.630 bits per heavy atom. The molecule has 0 spiro atoms. The van der Waals surface area contributed by atoms with Gasteiger partial charge in [0.1, 0.15) is 0 Å². The Kier molecular flexibility index (Phi) is 8.61. The Hall–Kier alpha value is -1.06. The van der Waals surface area contributed by atoms with Crippen LogP contribution in [0.4, 0.5) is 0 Å². The molecule has 0 aliphatic heterocycles. The molecule has 4 heteroatoms. The normalized spacial score (nSPS) is 15.9. The average Bonchev–Trinajstić information content (AvgIpc) is 2.43. The second-order valence-electron chi connectivity index (χ2n) is 11.5. The van der Waals surface area contributed by atoms with Crippen molar-refractivity contribution in [2.45, 2.75) is 95.9 Å². The van der Waals surface area contributed by atoms with Crippen LogP contribution in [0, 0.1) is 33.5 Å². The molecule has 0 aromatic rings. The largest absolute Gasteiger partial charge is 0.338 e. The first kappa shape index (κ1) is 25.9. The average molecular weight is 383 g/mol. The number of carbonyl (C=O) groups excluding carboxylic acids is 2. The van der Waals surface area contributed by atoms with E-state index in [0.717, 1.165) is 12.8 Å². The van der Waals surface area contributed by atoms with E-state index in [9.17, 15) is 9.59 Å². The minimum absolute atomic E-state index is 0.0108. The smallest absolute Gasteiger partial charge is 0.225 e. The van der Waals surface area contributed by atoms with Gasteiger partial charge >= 0.3 is 0 Å². The summed E-state index contributed by atoms with van der Waals surface area (Å²) >= 11 is 0. The molecule has 0 heterocycles. The first-order valence-corrected chi connectivity index (χ1v) is 10.5. The summed E-state index contributed by atoms with van der Waals surface area (Å²) in [5.41, 5.74) is -0.507. The third-order valence-electron chi connectivity index (χ3n) is 6.17. The van der Waals surface area contributed by atoms with Gasteiger partial charge in [0.25, 0.3) is 0 Å². The van der Waals surface area contributed by atoms with Crippen molar-refractivity contribution in [1.82, 2.24) is 10.6 Å². The Morgan fingerprint density at radius 2 is 0.889 bits per heavy atom. The quantitative estimate of drug-likeness (QED) is 0.554. The number of nitrogens with one attached hydrogen (secondary N) is 2. The molecule has 2 amide bonds. The van der Waals surface area contributed by atoms with Crippen molar-refractivity contribution in [1.29, 1.82) is 0 Å². The van der Waals surface area contributed by atoms with Crippen LogP contribution in [0.3, 0.4) is 0 Å². The topological polar surface area (TPSA) is 58.2 Å². The molecule has 0 fully saturated rings. The van der Waals surface area contributed by atoms with Gasteiger partial charge in [-0.2, -0.15) is 0 Å². The minimum Gasteiger partial charge on any atom is -0.338 e. The van der Waals surface area contributed by atoms with Gasteiger partial charge in [-0.15, -0.1) is 0 Å². The molecule has 0 radical (unpaired) electrons. The summed E-state index contributed by atoms with van der Waals surface area (Å²) in [5, 5.41) is 5.93. The fourth-order valence-corrected chi connectivity index (χ4v) is 4.67. The number of carbonyl (C=O) groups is 2. The molecule has 0 aromatic carbocycles. The summed E-state index contributed by atoms with van der Waals surface area (Å²) in [5.74, 6) is -0.233. The molecular weight excluding hydrogens is 336 g/mol. The fraction of sp³-hybridized carbons (Fsp3) is 0.913. The Labute approximate surface area is 168 Å². The second-order valence-corrected chi connectivity index (χ2v) is 11.5. The van der Waals surface area contributed by atoms with E-state index in [-0.39, 0.29) is 52.0 Å². The van der Waals surface area contributed by atoms with E-state index in [2.05, 4.69) is 93.7 Å². The number of hydrogen-bond donors (Lipinski definition) is 2. The lowest BCUT2D eigenvalue weighted by Gasteiger charge is -2.42. The van der Waals surface area contributed by atoms with Gasteiger partial charge in [-0.05, 0) is 21.7 Å². The van der Waals surface area contributed by atoms with Gasteiger partial charge in [0.05, 0.1) is 6.67 Å². The van der Waals surface area contributed by atoms with Crippen LogP contribution in [-0.4, -0.2) is 18.5 Å². The molecule has 4 nitrogen and oxygen atoms in total. The molecular formula is C23H46N2O2. The Balaban J connectivity index is 5.17. The van der Waals surface area contributed by atoms with Gasteiger partial charge < -0.3 is 10.6 Å². The lowest BCUT2D eigenvalue weighted by atomic mass is 9.64. The van der Waals surface area contributed by atoms with Crippen molar-refractivity contribution in [3.63, 3.8) is 0 Å². The third-order valence-corrected chi connectivity index (χ3v) is 6.17. The van der Waals surface area contributed by atoms with Crippen LogP contribution < -0.4 is 10.6 Å². The molecule has 27 heavy (non-hydrogen) atoms. The molecule has 0 rings (SSSR count). The fourth-order valence-electron chi connectivity index (χ4n) is 4.67. The SMILES string of the molecule is CCC(C)(C)C(C(=O)NCNC(=O)C(C(C)(C)C)C(C)(C)CC)C(C)(C)C. The summed E-state index contributed by atoms with van der Waals surface area (Å²) in [4.78, 5) is 25.9. The van der Waals surface area contributed by atoms with Crippen LogP contribution in [-0.2, 0) is 9.59 Å². The van der Waals surface area contributed by atoms with Crippen molar-refractivity contribution >= 4 is 11.8 Å². The van der Waals surface area contributed by atoms with Gasteiger partial charge in [-0.25, -0.2) is 0 Å². The number of amides is 2. The van der Waals surface area contributed by atoms with Gasteiger partial charge in [-0.1, -0.05) is 95.9 Å². The van der Waals surface area contributed by atoms with Crippen LogP contribution in [0.25, 0.3) is 0 Å². The predicted octanol–water partition coefficient (Wildman–Crippen LogP) is 5.37. The van der Waals surface area contributed by atoms with E-state index in [4.69, 9.17) is 0 Å². The summed E-state index contributed by atoms with van der Waals surface area (Å²) in [6, 6.07) is 0. The summed E-state index contributed by atoms with van der Waals surface area (Å²) in [6.45, 7) is 25.6. The predicted molar refractivity (Wildman–Crippen MR) is 115 cm³/mol. The lowest BCUT2D eigenvalue weighted by Crippen LogP contribution is -2.51. The van der Waals surface area contributed by atoms with Crippen molar-refractivity contribution in [3.05, 3.63) is 0 Å². The van der Waals surface area contributed by atoms with Gasteiger partial charge in [0.15, 0.2) is 0 Å². The van der Waals surface area contributed by atoms with Gasteiger partial charge in [0, 0.05) is 11.8 Å². The maximum atomic E-state index is 12.9. The van der Waals surface area contributed by atoms with E-state index in [1.165, 1.54) is 0 Å². The molecule has 160 valence electrons. The van der Waals surface area contributed by atoms with Crippen molar-refractivity contribution in [2.75, 3.05) is 6.67 Å². The molecule has 0 aromatic heterocycles. The van der Waals surface area contributed by atoms with Crippen LogP contribution in [0.5, 0.6) is 0 Å². The zero-order valence-corrected chi connectivity index (χ0v) is 20.1. The van der Waals surface area contributed by atoms with E-state index in [1.807, 2.05) is 0 Å². The van der Waals surface area contributed by atoms with Crippen molar-refractivity contribution in [3.8, 4) is 0 Å². The first-order valence-electron chi connectivity index (χ1n) is 10.5. The molecule has 0 saturated heterocycles. The van der Waals surface area contributed by atoms with E-state index < -0.39 is 0 Å². The summed E-state index contributed by atoms with van der Waals surface area (Å²) < 4.78 is 0. The first-order chi connectivity index (χ1) is 11.9. The monoisotopic (exact) mass is 382 g/mol. The maximum absolute atomic E-state index is 12.9. The van der Waals surface area contributed by atoms with E-state index >= 15 is 0 Å². The molecule has 2 unspecified atom stereocenters. The van der Waals surface area contributed by atoms with Crippen LogP contribution in [0.1, 0.15) is 95.9 Å². The number of hydrogen-bond acceptors (Lipinski definition) is 2. The summed E-state index contributed by atoms with van der Waals surface area (Å²) in [7, 11) is 0. The molecule has 0 saturated carbocycles. The van der Waals surface area contributed by atoms with Gasteiger partial charge in [-0.3, -0.25) is 9.59 Å². The zero-order valence-electron chi connectivity index (χ0n) is 20.1. The zero-order chi connectivity index (χ0) is 21.8. The highest BCUT2D eigenvalue weighted by Gasteiger charge is 2.43. The standard InChI is InChI=1S/C23H46N2O2/c1-13-22(9,10)16(20(3,4)5)18(26)24-15-25-19(27)17(21(6,7)8)23(11,12)14-2/h16-17H,13-15H2,1-12H3,(H,24,26)(H,25,27). The Morgan fingerprint density at radius 3 is 1.07 bits per heavy atom. The molecule has 0 aliphatic carbocycles. The van der Waals surface area contributed by atoms with Crippen LogP contribution in [0.15, 0.2) is 0 Å². The third kappa shape index (κ3) is 7.12. The lowest BCUT2D eigenvalue weighted by molar-refractivity contribution is -0.135. The highest BCUT2D eigenvalue weighted by molar-refractivity contribution is 5.82. The second kappa shape index (κ2) is 8.96. The van der Waals surface area contributed by atoms with Crippen molar-refractivity contribution in [2.24, 2.45) is 33.5 Å². The van der Waals surface area contributed by atoms with Crippen LogP contribution in [0.2, 0.25) is 0 Å². The highest BCUT2D eigenvalue weighted by atomic mass is 16.2. The van der Waals surface area contributed by atoms with E-state index in [0.29, 0.717) is 0 Å². The molecule has 2 N–H and O–H groups in total. The van der Waals surface area contributed by atoms with E-state index in [1.54, 1.807) is 0 Å². The summed E-state index contributed by atoms with van der Waals surface area (Å²) in [6.07, 6.45) is 1.84. The van der Waals surface area contributed by atoms with Gasteiger partial charge in [0.2, 0.25) is 11.8 Å². The molecule has 0 aliphatic rings. The van der Waals surface area contributed by atoms with Crippen molar-refractivity contribution < 1.29 is 9.59 Å².